The molecule has 0 saturated carbocycles. The van der Waals surface area contributed by atoms with Gasteiger partial charge in [0.15, 0.2) is 0 Å². The number of nitrogens with zero attached hydrogens (tertiary/aromatic N) is 3. The Morgan fingerprint density at radius 2 is 1.47 bits per heavy atom. The predicted molar refractivity (Wildman–Crippen MR) is 151 cm³/mol. The molecule has 1 saturated heterocycles. The number of aromatic nitrogens is 2. The molecule has 0 spiro atoms. The molecule has 0 atom stereocenters. The van der Waals surface area contributed by atoms with E-state index in [4.69, 9.17) is 97.9 Å². The van der Waals surface area contributed by atoms with Crippen molar-refractivity contribution in [2.45, 2.75) is 38.4 Å². The van der Waals surface area contributed by atoms with Crippen molar-refractivity contribution in [2.75, 3.05) is 6.54 Å². The van der Waals surface area contributed by atoms with Crippen molar-refractivity contribution in [3.63, 3.8) is 0 Å². The highest BCUT2D eigenvalue weighted by Crippen LogP contribution is 2.64. The Bertz CT molecular complexity index is 1200. The third kappa shape index (κ3) is 4.76. The van der Waals surface area contributed by atoms with Crippen LogP contribution < -0.4 is 5.32 Å². The van der Waals surface area contributed by atoms with E-state index in [-0.39, 0.29) is 23.5 Å². The Kier molecular flexibility index (Phi) is 8.11. The van der Waals surface area contributed by atoms with Gasteiger partial charge >= 0.3 is 0 Å². The fourth-order valence-corrected chi connectivity index (χ4v) is 4.24. The molecule has 1 fully saturated rings. The molecule has 38 heavy (non-hydrogen) atoms. The summed E-state index contributed by atoms with van der Waals surface area (Å²) in [5.41, 5.74) is -3.27. The smallest absolute Gasteiger partial charge is 0.252 e. The van der Waals surface area contributed by atoms with Crippen molar-refractivity contribution in [3.05, 3.63) is 58.4 Å². The van der Waals surface area contributed by atoms with Gasteiger partial charge in [-0.2, -0.15) is 0 Å². The number of hydrogen-bond acceptors (Lipinski definition) is 4. The van der Waals surface area contributed by atoms with Crippen LogP contribution in [0.25, 0.3) is 0 Å². The summed E-state index contributed by atoms with van der Waals surface area (Å²) in [6.45, 7) is -1.03. The van der Waals surface area contributed by atoms with Crippen LogP contribution in [0.1, 0.15) is 21.7 Å². The first-order valence-corrected chi connectivity index (χ1v) is 11.2. The number of rotatable bonds is 6. The molecule has 0 bridgehead atoms. The Hall–Kier alpha value is -1.41. The first kappa shape index (κ1) is 31.1. The van der Waals surface area contributed by atoms with E-state index in [1.165, 1.54) is 12.4 Å². The van der Waals surface area contributed by atoms with Gasteiger partial charge in [-0.3, -0.25) is 4.79 Å². The maximum Gasteiger partial charge on any atom is 0.252 e. The van der Waals surface area contributed by atoms with E-state index in [1.54, 1.807) is 0 Å². The van der Waals surface area contributed by atoms with Gasteiger partial charge in [-0.15, -0.1) is 5.11 Å². The fraction of sp³-hybridized carbons (Fsp3) is 0.421. The number of benzene rings is 1. The van der Waals surface area contributed by atoms with Crippen molar-refractivity contribution in [2.24, 2.45) is 0 Å². The van der Waals surface area contributed by atoms with Crippen LogP contribution in [0, 0.1) is 5.82 Å². The predicted octanol–water partition coefficient (Wildman–Crippen LogP) is -2.27. The van der Waals surface area contributed by atoms with Gasteiger partial charge < -0.3 is 10.2 Å². The number of halogens is 3. The Morgan fingerprint density at radius 3 is 1.92 bits per heavy atom. The summed E-state index contributed by atoms with van der Waals surface area (Å²) in [4.78, 5) is 21.8. The second-order valence-corrected chi connectivity index (χ2v) is 9.79. The van der Waals surface area contributed by atoms with Crippen LogP contribution >= 0.6 is 11.6 Å². The molecular formula is C19H10B11ClF2N4O. The molecule has 2 heterocycles. The Balaban J connectivity index is 1.96. The zero-order chi connectivity index (χ0) is 29.1. The summed E-state index contributed by atoms with van der Waals surface area (Å²) in [5, 5.41) is -10.9. The van der Waals surface area contributed by atoms with Gasteiger partial charge in [-0.25, -0.2) is 18.7 Å². The van der Waals surface area contributed by atoms with Crippen molar-refractivity contribution in [1.29, 1.82) is 0 Å². The van der Waals surface area contributed by atoms with Crippen molar-refractivity contribution in [1.82, 2.24) is 20.2 Å². The quantitative estimate of drug-likeness (QED) is 0.453. The van der Waals surface area contributed by atoms with Gasteiger partial charge in [0.2, 0.25) is 0 Å². The van der Waals surface area contributed by atoms with Gasteiger partial charge in [0.05, 0.1) is 97.9 Å². The molecule has 1 aliphatic heterocycles. The molecule has 1 amide bonds. The third-order valence-electron chi connectivity index (χ3n) is 6.60. The summed E-state index contributed by atoms with van der Waals surface area (Å²) in [7, 11) is 65.8. The molecular weight excluding hydrogens is 493 g/mol. The number of hydrogen-bond donors (Lipinski definition) is 1. The lowest BCUT2D eigenvalue weighted by molar-refractivity contribution is -0.0188. The average molecular weight is 503 g/mol. The topological polar surface area (TPSA) is 58.1 Å². The molecule has 0 aliphatic carbocycles. The van der Waals surface area contributed by atoms with Crippen LogP contribution in [0.2, 0.25) is 15.5 Å². The first-order chi connectivity index (χ1) is 17.1. The van der Waals surface area contributed by atoms with Crippen LogP contribution in [-0.2, 0) is 11.7 Å². The van der Waals surface area contributed by atoms with Crippen molar-refractivity contribution in [3.8, 4) is 0 Å². The minimum atomic E-state index is -3.19. The standard InChI is InChI=1S/C19H10B11ClF2N4O/c20-15(21,22)9-4-35-12(36-5-9)6-34-7-14(33)16(23,24)18(27,28)37(19(29,30)17(14,25)26)13(38)8-1-2-11(32)10(31)3-8/h1-5,34H,6-7H2. The third-order valence-corrected chi connectivity index (χ3v) is 6.89. The molecule has 1 aromatic heterocycles. The Labute approximate surface area is 240 Å². The molecule has 22 radical (unpaired) electrons. The summed E-state index contributed by atoms with van der Waals surface area (Å²) in [6, 6.07) is 2.84. The molecule has 1 N–H and O–H groups in total. The van der Waals surface area contributed by atoms with Crippen LogP contribution in [-0.4, -0.2) is 130 Å². The van der Waals surface area contributed by atoms with E-state index in [2.05, 4.69) is 15.3 Å². The highest BCUT2D eigenvalue weighted by molar-refractivity contribution is 6.62. The van der Waals surface area contributed by atoms with Gasteiger partial charge in [0, 0.05) is 24.5 Å². The number of nitrogens with one attached hydrogen (secondary N) is 1. The summed E-state index contributed by atoms with van der Waals surface area (Å²) in [6.07, 6.45) is 2.53. The molecule has 1 aromatic carbocycles. The van der Waals surface area contributed by atoms with E-state index in [0.717, 1.165) is 18.2 Å². The van der Waals surface area contributed by atoms with Crippen LogP contribution in [0.15, 0.2) is 30.6 Å². The highest BCUT2D eigenvalue weighted by Gasteiger charge is 2.70. The second-order valence-electron chi connectivity index (χ2n) is 9.38. The van der Waals surface area contributed by atoms with Crippen LogP contribution in [0.5, 0.6) is 0 Å². The lowest BCUT2D eigenvalue weighted by atomic mass is 9.15. The molecule has 0 unspecified atom stereocenters. The lowest BCUT2D eigenvalue weighted by Gasteiger charge is -2.75. The molecule has 5 nitrogen and oxygen atoms in total. The lowest BCUT2D eigenvalue weighted by Crippen LogP contribution is -2.85. The largest absolute Gasteiger partial charge is 0.363 e. The molecule has 3 rings (SSSR count). The monoisotopic (exact) mass is 504 g/mol. The zero-order valence-corrected chi connectivity index (χ0v) is 20.8. The first-order valence-electron chi connectivity index (χ1n) is 10.8. The number of alkyl halides is 1. The SMILES string of the molecule is [B]C([B])([B])c1cnc(CNCC2(F)C([B])([B])C([B])([B])N(C(=O)c3ccc(F)c(Cl)c3)C([B])([B])C2([B])[B])nc1. The van der Waals surface area contributed by atoms with Crippen LogP contribution in [0.4, 0.5) is 8.78 Å². The Morgan fingerprint density at radius 1 is 0.974 bits per heavy atom. The molecule has 166 valence electrons. The van der Waals surface area contributed by atoms with Gasteiger partial charge in [0.1, 0.15) is 17.3 Å². The normalized spacial score (nSPS) is 21.0. The van der Waals surface area contributed by atoms with Crippen molar-refractivity contribution < 1.29 is 13.6 Å². The van der Waals surface area contributed by atoms with Crippen molar-refractivity contribution >= 4 is 104 Å². The number of carbonyl (C=O) groups excluding carboxylic acids is 1. The van der Waals surface area contributed by atoms with Gasteiger partial charge in [0.25, 0.3) is 5.91 Å². The zero-order valence-electron chi connectivity index (χ0n) is 20.0. The summed E-state index contributed by atoms with van der Waals surface area (Å²) in [5.74, 6) is -1.86. The molecule has 19 heteroatoms. The summed E-state index contributed by atoms with van der Waals surface area (Å²) >= 11 is 5.77. The fourth-order valence-electron chi connectivity index (χ4n) is 4.06. The summed E-state index contributed by atoms with van der Waals surface area (Å²) < 4.78 is 30.5. The average Bonchev–Trinajstić information content (AvgIpc) is 2.79. The van der Waals surface area contributed by atoms with E-state index in [9.17, 15) is 9.18 Å². The maximum atomic E-state index is 16.8. The van der Waals surface area contributed by atoms with Gasteiger partial charge in [-0.05, 0) is 34.4 Å². The van der Waals surface area contributed by atoms with E-state index < -0.39 is 55.2 Å². The maximum absolute atomic E-state index is 16.8. The molecule has 1 aliphatic rings. The van der Waals surface area contributed by atoms with E-state index >= 15 is 4.39 Å². The number of piperidine rings is 1. The second kappa shape index (κ2) is 9.90. The highest BCUT2D eigenvalue weighted by atomic mass is 35.5. The minimum Gasteiger partial charge on any atom is -0.363 e. The minimum absolute atomic E-state index is 0.139. The number of amides is 1. The number of likely N-dealkylation sites (tertiary alicyclic amines) is 1. The van der Waals surface area contributed by atoms with E-state index in [0.29, 0.717) is 4.90 Å². The molecule has 2 aromatic rings. The van der Waals surface area contributed by atoms with Gasteiger partial charge in [-0.1, -0.05) is 22.0 Å². The number of carbonyl (C=O) groups is 1. The van der Waals surface area contributed by atoms with Crippen LogP contribution in [0.3, 0.4) is 0 Å². The van der Waals surface area contributed by atoms with E-state index in [1.807, 2.05) is 0 Å².